The Hall–Kier alpha value is -2.53. The molecule has 0 spiro atoms. The summed E-state index contributed by atoms with van der Waals surface area (Å²) in [7, 11) is 0. The van der Waals surface area contributed by atoms with Gasteiger partial charge in [0, 0.05) is 10.6 Å². The Balaban J connectivity index is 1.87. The first-order valence-electron chi connectivity index (χ1n) is 7.77. The maximum Gasteiger partial charge on any atom is 0.357 e. The van der Waals surface area contributed by atoms with Gasteiger partial charge in [0.1, 0.15) is 0 Å². The summed E-state index contributed by atoms with van der Waals surface area (Å²) in [5, 5.41) is 4.59. The summed E-state index contributed by atoms with van der Waals surface area (Å²) in [6.07, 6.45) is 0. The summed E-state index contributed by atoms with van der Waals surface area (Å²) in [6.45, 7) is 2.14. The lowest BCUT2D eigenvalue weighted by molar-refractivity contribution is 0.0515. The molecule has 0 radical (unpaired) electrons. The Kier molecular flexibility index (Phi) is 5.33. The van der Waals surface area contributed by atoms with Crippen LogP contribution < -0.4 is 0 Å². The van der Waals surface area contributed by atoms with Crippen LogP contribution in [0.15, 0.2) is 71.6 Å². The van der Waals surface area contributed by atoms with E-state index in [2.05, 4.69) is 17.2 Å². The van der Waals surface area contributed by atoms with E-state index < -0.39 is 0 Å². The van der Waals surface area contributed by atoms with E-state index in [1.54, 1.807) is 29.4 Å². The van der Waals surface area contributed by atoms with Crippen molar-refractivity contribution in [1.82, 2.24) is 9.78 Å². The Labute approximate surface area is 145 Å². The highest BCUT2D eigenvalue weighted by molar-refractivity contribution is 7.98. The van der Waals surface area contributed by atoms with Crippen LogP contribution in [0, 0.1) is 0 Å². The second-order valence-corrected chi connectivity index (χ2v) is 6.14. The SMILES string of the molecule is CCOC(=O)c1cc(CSc2ccccc2)nn1-c1ccccc1. The van der Waals surface area contributed by atoms with Gasteiger partial charge in [0.15, 0.2) is 5.69 Å². The molecule has 3 rings (SSSR count). The average molecular weight is 338 g/mol. The molecule has 0 amide bonds. The molecule has 0 aliphatic rings. The lowest BCUT2D eigenvalue weighted by Crippen LogP contribution is -2.11. The van der Waals surface area contributed by atoms with E-state index in [0.29, 0.717) is 18.1 Å². The highest BCUT2D eigenvalue weighted by Gasteiger charge is 2.17. The van der Waals surface area contributed by atoms with Gasteiger partial charge in [0.2, 0.25) is 0 Å². The largest absolute Gasteiger partial charge is 0.461 e. The van der Waals surface area contributed by atoms with Crippen LogP contribution in [0.25, 0.3) is 5.69 Å². The molecule has 0 saturated carbocycles. The lowest BCUT2D eigenvalue weighted by atomic mass is 10.3. The quantitative estimate of drug-likeness (QED) is 0.495. The van der Waals surface area contributed by atoms with Crippen molar-refractivity contribution in [3.05, 3.63) is 78.1 Å². The van der Waals surface area contributed by atoms with Gasteiger partial charge in [-0.1, -0.05) is 36.4 Å². The number of carbonyl (C=O) groups excluding carboxylic acids is 1. The highest BCUT2D eigenvalue weighted by atomic mass is 32.2. The van der Waals surface area contributed by atoms with Gasteiger partial charge in [-0.3, -0.25) is 0 Å². The number of ether oxygens (including phenoxy) is 1. The molecule has 0 aliphatic heterocycles. The minimum absolute atomic E-state index is 0.340. The van der Waals surface area contributed by atoms with Crippen LogP contribution in [0.5, 0.6) is 0 Å². The van der Waals surface area contributed by atoms with Gasteiger partial charge < -0.3 is 4.74 Å². The van der Waals surface area contributed by atoms with Crippen molar-refractivity contribution in [2.45, 2.75) is 17.6 Å². The van der Waals surface area contributed by atoms with E-state index >= 15 is 0 Å². The first kappa shape index (κ1) is 16.3. The second kappa shape index (κ2) is 7.84. The minimum Gasteiger partial charge on any atom is -0.461 e. The summed E-state index contributed by atoms with van der Waals surface area (Å²) >= 11 is 1.69. The molecular weight excluding hydrogens is 320 g/mol. The first-order chi connectivity index (χ1) is 11.8. The molecule has 0 atom stereocenters. The highest BCUT2D eigenvalue weighted by Crippen LogP contribution is 2.23. The predicted molar refractivity (Wildman–Crippen MR) is 95.5 cm³/mol. The van der Waals surface area contributed by atoms with Gasteiger partial charge in [-0.15, -0.1) is 11.8 Å². The van der Waals surface area contributed by atoms with Gasteiger partial charge in [-0.05, 0) is 37.3 Å². The number of para-hydroxylation sites is 1. The number of hydrogen-bond donors (Lipinski definition) is 0. The normalized spacial score (nSPS) is 10.5. The van der Waals surface area contributed by atoms with Crippen LogP contribution in [0.1, 0.15) is 23.1 Å². The molecule has 0 aliphatic carbocycles. The van der Waals surface area contributed by atoms with Gasteiger partial charge in [-0.25, -0.2) is 9.48 Å². The van der Waals surface area contributed by atoms with E-state index in [9.17, 15) is 4.79 Å². The fraction of sp³-hybridized carbons (Fsp3) is 0.158. The number of esters is 1. The Morgan fingerprint density at radius 1 is 1.08 bits per heavy atom. The summed E-state index contributed by atoms with van der Waals surface area (Å²) in [5.74, 6) is 0.334. The number of thioether (sulfide) groups is 1. The van der Waals surface area contributed by atoms with Crippen molar-refractivity contribution in [2.75, 3.05) is 6.61 Å². The van der Waals surface area contributed by atoms with Crippen LogP contribution in [0.4, 0.5) is 0 Å². The molecule has 1 aromatic heterocycles. The van der Waals surface area contributed by atoms with Crippen molar-refractivity contribution in [3.63, 3.8) is 0 Å². The Morgan fingerprint density at radius 2 is 1.75 bits per heavy atom. The first-order valence-corrected chi connectivity index (χ1v) is 8.76. The number of rotatable bonds is 6. The van der Waals surface area contributed by atoms with E-state index in [1.165, 1.54) is 4.90 Å². The molecule has 0 saturated heterocycles. The van der Waals surface area contributed by atoms with E-state index in [1.807, 2.05) is 48.5 Å². The molecule has 24 heavy (non-hydrogen) atoms. The third-order valence-electron chi connectivity index (χ3n) is 3.38. The molecule has 5 heteroatoms. The lowest BCUT2D eigenvalue weighted by Gasteiger charge is -2.06. The Bertz CT molecular complexity index is 801. The van der Waals surface area contributed by atoms with Gasteiger partial charge in [-0.2, -0.15) is 5.10 Å². The van der Waals surface area contributed by atoms with Crippen molar-refractivity contribution >= 4 is 17.7 Å². The molecule has 0 N–H and O–H groups in total. The molecule has 122 valence electrons. The summed E-state index contributed by atoms with van der Waals surface area (Å²) in [6, 6.07) is 21.6. The molecule has 1 heterocycles. The molecule has 3 aromatic rings. The van der Waals surface area contributed by atoms with Crippen LogP contribution in [0.3, 0.4) is 0 Å². The van der Waals surface area contributed by atoms with Crippen LogP contribution in [0.2, 0.25) is 0 Å². The second-order valence-electron chi connectivity index (χ2n) is 5.09. The zero-order valence-electron chi connectivity index (χ0n) is 13.4. The molecule has 0 unspecified atom stereocenters. The third kappa shape index (κ3) is 3.86. The summed E-state index contributed by atoms with van der Waals surface area (Å²) in [4.78, 5) is 13.4. The topological polar surface area (TPSA) is 44.1 Å². The van der Waals surface area contributed by atoms with Crippen LogP contribution in [-0.2, 0) is 10.5 Å². The van der Waals surface area contributed by atoms with Crippen LogP contribution >= 0.6 is 11.8 Å². The average Bonchev–Trinajstić information content (AvgIpc) is 3.06. The maximum atomic E-state index is 12.2. The maximum absolute atomic E-state index is 12.2. The number of hydrogen-bond acceptors (Lipinski definition) is 4. The molecule has 2 aromatic carbocycles. The number of benzene rings is 2. The third-order valence-corrected chi connectivity index (χ3v) is 4.42. The zero-order valence-corrected chi connectivity index (χ0v) is 14.2. The fourth-order valence-electron chi connectivity index (χ4n) is 2.29. The van der Waals surface area contributed by atoms with Crippen molar-refractivity contribution < 1.29 is 9.53 Å². The van der Waals surface area contributed by atoms with E-state index in [0.717, 1.165) is 11.4 Å². The van der Waals surface area contributed by atoms with Gasteiger partial charge in [0.05, 0.1) is 18.0 Å². The molecular formula is C19H18N2O2S. The van der Waals surface area contributed by atoms with Crippen molar-refractivity contribution in [1.29, 1.82) is 0 Å². The van der Waals surface area contributed by atoms with Gasteiger partial charge in [0.25, 0.3) is 0 Å². The number of aromatic nitrogens is 2. The molecule has 4 nitrogen and oxygen atoms in total. The summed E-state index contributed by atoms with van der Waals surface area (Å²) < 4.78 is 6.81. The predicted octanol–water partition coefficient (Wildman–Crippen LogP) is 4.34. The smallest absolute Gasteiger partial charge is 0.357 e. The number of carbonyl (C=O) groups is 1. The zero-order chi connectivity index (χ0) is 16.8. The molecule has 0 bridgehead atoms. The van der Waals surface area contributed by atoms with Crippen LogP contribution in [-0.4, -0.2) is 22.4 Å². The van der Waals surface area contributed by atoms with E-state index in [-0.39, 0.29) is 5.97 Å². The summed E-state index contributed by atoms with van der Waals surface area (Å²) in [5.41, 5.74) is 2.14. The monoisotopic (exact) mass is 338 g/mol. The van der Waals surface area contributed by atoms with Crippen molar-refractivity contribution in [3.8, 4) is 5.69 Å². The van der Waals surface area contributed by atoms with Crippen molar-refractivity contribution in [2.24, 2.45) is 0 Å². The minimum atomic E-state index is -0.357. The fourth-order valence-corrected chi connectivity index (χ4v) is 3.10. The van der Waals surface area contributed by atoms with Gasteiger partial charge >= 0.3 is 5.97 Å². The Morgan fingerprint density at radius 3 is 2.42 bits per heavy atom. The van der Waals surface area contributed by atoms with E-state index in [4.69, 9.17) is 4.74 Å². The standard InChI is InChI=1S/C19H18N2O2S/c1-2-23-19(22)18-13-15(14-24-17-11-7-4-8-12-17)20-21(18)16-9-5-3-6-10-16/h3-13H,2,14H2,1H3. The molecule has 0 fully saturated rings. The number of nitrogens with zero attached hydrogens (tertiary/aromatic N) is 2.